The Morgan fingerprint density at radius 3 is 2.53 bits per heavy atom. The summed E-state index contributed by atoms with van der Waals surface area (Å²) in [5.74, 6) is -0.435. The van der Waals surface area contributed by atoms with E-state index in [9.17, 15) is 18.0 Å². The van der Waals surface area contributed by atoms with Gasteiger partial charge in [0.05, 0.1) is 14.2 Å². The van der Waals surface area contributed by atoms with E-state index in [0.29, 0.717) is 4.88 Å². The van der Waals surface area contributed by atoms with Crippen molar-refractivity contribution < 1.29 is 18.0 Å². The molecule has 0 radical (unpaired) electrons. The van der Waals surface area contributed by atoms with Crippen molar-refractivity contribution in [2.75, 3.05) is 5.32 Å². The summed E-state index contributed by atoms with van der Waals surface area (Å²) in [6.07, 6.45) is -4.42. The minimum atomic E-state index is -4.42. The second-order valence-electron chi connectivity index (χ2n) is 3.64. The second-order valence-corrected chi connectivity index (χ2v) is 6.10. The van der Waals surface area contributed by atoms with Gasteiger partial charge in [-0.25, -0.2) is 0 Å². The maximum atomic E-state index is 12.5. The van der Waals surface area contributed by atoms with E-state index in [4.69, 9.17) is 0 Å². The molecule has 0 fully saturated rings. The normalized spacial score (nSPS) is 11.4. The molecule has 1 amide bonds. The molecule has 2 aromatic rings. The first-order chi connectivity index (χ1) is 8.86. The van der Waals surface area contributed by atoms with E-state index in [1.165, 1.54) is 23.5 Å². The standard InChI is InChI=1S/C12H7BrF3NOS/c13-10-5-4-9(19-10)11(18)17-8-3-1-2-7(6-8)12(14,15)16/h1-6H,(H,17,18). The molecular formula is C12H7BrF3NOS. The SMILES string of the molecule is O=C(Nc1cccc(C(F)(F)F)c1)c1ccc(Br)s1. The van der Waals surface area contributed by atoms with E-state index >= 15 is 0 Å². The maximum Gasteiger partial charge on any atom is 0.416 e. The van der Waals surface area contributed by atoms with Crippen LogP contribution in [0.3, 0.4) is 0 Å². The Labute approximate surface area is 119 Å². The number of halogens is 4. The maximum absolute atomic E-state index is 12.5. The van der Waals surface area contributed by atoms with Gasteiger partial charge in [-0.1, -0.05) is 6.07 Å². The van der Waals surface area contributed by atoms with Gasteiger partial charge in [0.15, 0.2) is 0 Å². The first kappa shape index (κ1) is 14.1. The number of benzene rings is 1. The van der Waals surface area contributed by atoms with Crippen molar-refractivity contribution >= 4 is 38.9 Å². The van der Waals surface area contributed by atoms with Crippen LogP contribution in [0.25, 0.3) is 0 Å². The zero-order chi connectivity index (χ0) is 14.0. The lowest BCUT2D eigenvalue weighted by Crippen LogP contribution is -2.11. The molecule has 1 heterocycles. The smallest absolute Gasteiger partial charge is 0.321 e. The van der Waals surface area contributed by atoms with Crippen molar-refractivity contribution in [1.29, 1.82) is 0 Å². The van der Waals surface area contributed by atoms with E-state index in [1.807, 2.05) is 0 Å². The number of nitrogens with one attached hydrogen (secondary N) is 1. The zero-order valence-electron chi connectivity index (χ0n) is 9.29. The molecule has 2 nitrogen and oxygen atoms in total. The number of rotatable bonds is 2. The highest BCUT2D eigenvalue weighted by molar-refractivity contribution is 9.11. The number of anilines is 1. The van der Waals surface area contributed by atoms with Crippen LogP contribution in [-0.2, 0) is 6.18 Å². The molecule has 1 N–H and O–H groups in total. The number of carbonyl (C=O) groups is 1. The fourth-order valence-corrected chi connectivity index (χ4v) is 2.68. The van der Waals surface area contributed by atoms with E-state index in [-0.39, 0.29) is 5.69 Å². The highest BCUT2D eigenvalue weighted by Crippen LogP contribution is 2.31. The van der Waals surface area contributed by atoms with Gasteiger partial charge in [0, 0.05) is 5.69 Å². The summed E-state index contributed by atoms with van der Waals surface area (Å²) >= 11 is 4.42. The molecule has 0 unspecified atom stereocenters. The molecule has 0 saturated carbocycles. The Bertz CT molecular complexity index is 609. The third-order valence-electron chi connectivity index (χ3n) is 2.24. The largest absolute Gasteiger partial charge is 0.416 e. The van der Waals surface area contributed by atoms with Gasteiger partial charge in [-0.15, -0.1) is 11.3 Å². The first-order valence-corrected chi connectivity index (χ1v) is 6.71. The molecule has 2 rings (SSSR count). The number of carbonyl (C=O) groups excluding carboxylic acids is 1. The molecule has 0 aliphatic heterocycles. The van der Waals surface area contributed by atoms with Crippen molar-refractivity contribution in [3.8, 4) is 0 Å². The van der Waals surface area contributed by atoms with Crippen molar-refractivity contribution in [3.63, 3.8) is 0 Å². The molecule has 0 saturated heterocycles. The fourth-order valence-electron chi connectivity index (χ4n) is 1.40. The number of amides is 1. The molecule has 100 valence electrons. The van der Waals surface area contributed by atoms with E-state index in [1.54, 1.807) is 12.1 Å². The quantitative estimate of drug-likeness (QED) is 0.830. The van der Waals surface area contributed by atoms with Gasteiger partial charge in [0.1, 0.15) is 0 Å². The lowest BCUT2D eigenvalue weighted by atomic mass is 10.2. The number of hydrogen-bond donors (Lipinski definition) is 1. The fraction of sp³-hybridized carbons (Fsp3) is 0.0833. The topological polar surface area (TPSA) is 29.1 Å². The minimum absolute atomic E-state index is 0.115. The van der Waals surface area contributed by atoms with Crippen LogP contribution in [0, 0.1) is 0 Å². The summed E-state index contributed by atoms with van der Waals surface area (Å²) in [6, 6.07) is 7.82. The van der Waals surface area contributed by atoms with E-state index in [0.717, 1.165) is 15.9 Å². The van der Waals surface area contributed by atoms with Gasteiger partial charge >= 0.3 is 6.18 Å². The van der Waals surface area contributed by atoms with Crippen molar-refractivity contribution in [1.82, 2.24) is 0 Å². The lowest BCUT2D eigenvalue weighted by molar-refractivity contribution is -0.137. The lowest BCUT2D eigenvalue weighted by Gasteiger charge is -2.09. The summed E-state index contributed by atoms with van der Waals surface area (Å²) in [5, 5.41) is 2.43. The Hall–Kier alpha value is -1.34. The van der Waals surface area contributed by atoms with Gasteiger partial charge in [0.25, 0.3) is 5.91 Å². The highest BCUT2D eigenvalue weighted by Gasteiger charge is 2.30. The van der Waals surface area contributed by atoms with Crippen LogP contribution in [0.1, 0.15) is 15.2 Å². The Balaban J connectivity index is 2.18. The molecule has 19 heavy (non-hydrogen) atoms. The Morgan fingerprint density at radius 2 is 1.95 bits per heavy atom. The molecule has 1 aromatic heterocycles. The average Bonchev–Trinajstić information content (AvgIpc) is 2.75. The van der Waals surface area contributed by atoms with E-state index in [2.05, 4.69) is 21.2 Å². The van der Waals surface area contributed by atoms with E-state index < -0.39 is 17.6 Å². The van der Waals surface area contributed by atoms with Crippen LogP contribution >= 0.6 is 27.3 Å². The minimum Gasteiger partial charge on any atom is -0.321 e. The van der Waals surface area contributed by atoms with Crippen LogP contribution in [0.15, 0.2) is 40.2 Å². The first-order valence-electron chi connectivity index (χ1n) is 5.10. The molecule has 0 spiro atoms. The van der Waals surface area contributed by atoms with Gasteiger partial charge in [0.2, 0.25) is 0 Å². The van der Waals surface area contributed by atoms with Gasteiger partial charge in [-0.2, -0.15) is 13.2 Å². The average molecular weight is 350 g/mol. The highest BCUT2D eigenvalue weighted by atomic mass is 79.9. The predicted molar refractivity (Wildman–Crippen MR) is 71.4 cm³/mol. The Morgan fingerprint density at radius 1 is 1.21 bits per heavy atom. The third kappa shape index (κ3) is 3.57. The molecule has 7 heteroatoms. The third-order valence-corrected chi connectivity index (χ3v) is 3.87. The van der Waals surface area contributed by atoms with Crippen LogP contribution < -0.4 is 5.32 Å². The van der Waals surface area contributed by atoms with Crippen LogP contribution in [0.4, 0.5) is 18.9 Å². The number of hydrogen-bond acceptors (Lipinski definition) is 2. The summed E-state index contributed by atoms with van der Waals surface area (Å²) in [4.78, 5) is 12.2. The monoisotopic (exact) mass is 349 g/mol. The molecule has 0 atom stereocenters. The zero-order valence-corrected chi connectivity index (χ0v) is 11.7. The summed E-state index contributed by atoms with van der Waals surface area (Å²) < 4.78 is 38.3. The van der Waals surface area contributed by atoms with Crippen LogP contribution in [-0.4, -0.2) is 5.91 Å². The summed E-state index contributed by atoms with van der Waals surface area (Å²) in [7, 11) is 0. The van der Waals surface area contributed by atoms with Crippen molar-refractivity contribution in [2.24, 2.45) is 0 Å². The predicted octanol–water partition coefficient (Wildman–Crippen LogP) is 4.78. The van der Waals surface area contributed by atoms with Gasteiger partial charge < -0.3 is 5.32 Å². The van der Waals surface area contributed by atoms with Crippen LogP contribution in [0.5, 0.6) is 0 Å². The molecular weight excluding hydrogens is 343 g/mol. The Kier molecular flexibility index (Phi) is 3.96. The van der Waals surface area contributed by atoms with Gasteiger partial charge in [-0.3, -0.25) is 4.79 Å². The molecule has 0 aliphatic rings. The summed E-state index contributed by atoms with van der Waals surface area (Å²) in [6.45, 7) is 0. The summed E-state index contributed by atoms with van der Waals surface area (Å²) in [5.41, 5.74) is -0.679. The van der Waals surface area contributed by atoms with Crippen molar-refractivity contribution in [2.45, 2.75) is 6.18 Å². The molecule has 0 aliphatic carbocycles. The molecule has 1 aromatic carbocycles. The number of alkyl halides is 3. The van der Waals surface area contributed by atoms with Crippen LogP contribution in [0.2, 0.25) is 0 Å². The number of thiophene rings is 1. The van der Waals surface area contributed by atoms with Gasteiger partial charge in [-0.05, 0) is 46.3 Å². The molecule has 0 bridgehead atoms. The van der Waals surface area contributed by atoms with Crippen molar-refractivity contribution in [3.05, 3.63) is 50.6 Å². The second kappa shape index (κ2) is 5.34.